The summed E-state index contributed by atoms with van der Waals surface area (Å²) in [4.78, 5) is 14.4. The van der Waals surface area contributed by atoms with E-state index in [-0.39, 0.29) is 11.9 Å². The van der Waals surface area contributed by atoms with Crippen molar-refractivity contribution < 1.29 is 9.53 Å². The van der Waals surface area contributed by atoms with Crippen LogP contribution in [0.2, 0.25) is 0 Å². The van der Waals surface area contributed by atoms with E-state index in [1.54, 1.807) is 7.11 Å². The predicted molar refractivity (Wildman–Crippen MR) is 89.3 cm³/mol. The van der Waals surface area contributed by atoms with Gasteiger partial charge in [0, 0.05) is 24.7 Å². The maximum Gasteiger partial charge on any atom is 0.237 e. The van der Waals surface area contributed by atoms with E-state index in [1.165, 1.54) is 0 Å². The number of nitrogens with one attached hydrogen (secondary N) is 1. The van der Waals surface area contributed by atoms with Gasteiger partial charge in [0.1, 0.15) is 0 Å². The summed E-state index contributed by atoms with van der Waals surface area (Å²) in [5.41, 5.74) is 1.14. The molecule has 4 nitrogen and oxygen atoms in total. The third-order valence-electron chi connectivity index (χ3n) is 3.37. The van der Waals surface area contributed by atoms with Crippen LogP contribution in [-0.4, -0.2) is 44.2 Å². The van der Waals surface area contributed by atoms with Gasteiger partial charge in [-0.2, -0.15) is 0 Å². The van der Waals surface area contributed by atoms with E-state index in [0.29, 0.717) is 19.7 Å². The third-order valence-corrected chi connectivity index (χ3v) is 4.09. The molecule has 0 spiro atoms. The van der Waals surface area contributed by atoms with Gasteiger partial charge < -0.3 is 15.0 Å². The number of hydrogen-bond donors (Lipinski definition) is 1. The molecule has 0 saturated carbocycles. The summed E-state index contributed by atoms with van der Waals surface area (Å²) in [6.07, 6.45) is 0.943. The van der Waals surface area contributed by atoms with E-state index in [4.69, 9.17) is 4.74 Å². The first kappa shape index (κ1) is 18.1. The summed E-state index contributed by atoms with van der Waals surface area (Å²) < 4.78 is 6.01. The van der Waals surface area contributed by atoms with Crippen LogP contribution in [0.15, 0.2) is 28.7 Å². The fourth-order valence-corrected chi connectivity index (χ4v) is 2.84. The van der Waals surface area contributed by atoms with Gasteiger partial charge in [-0.15, -0.1) is 0 Å². The van der Waals surface area contributed by atoms with Crippen molar-refractivity contribution >= 4 is 21.8 Å². The highest BCUT2D eigenvalue weighted by atomic mass is 79.9. The SMILES string of the molecule is CCCN(C(=O)CNCCOC)C(C)c1ccccc1Br. The summed E-state index contributed by atoms with van der Waals surface area (Å²) in [6.45, 7) is 6.56. The van der Waals surface area contributed by atoms with Gasteiger partial charge in [-0.05, 0) is 25.0 Å². The highest BCUT2D eigenvalue weighted by Crippen LogP contribution is 2.27. The van der Waals surface area contributed by atoms with Crippen molar-refractivity contribution in [3.8, 4) is 0 Å². The lowest BCUT2D eigenvalue weighted by Crippen LogP contribution is -2.41. The Bertz CT molecular complexity index is 440. The Morgan fingerprint density at radius 2 is 2.14 bits per heavy atom. The van der Waals surface area contributed by atoms with E-state index in [2.05, 4.69) is 41.2 Å². The Hall–Kier alpha value is -0.910. The quantitative estimate of drug-likeness (QED) is 0.691. The van der Waals surface area contributed by atoms with Crippen LogP contribution in [0, 0.1) is 0 Å². The van der Waals surface area contributed by atoms with Gasteiger partial charge in [-0.25, -0.2) is 0 Å². The Kier molecular flexibility index (Phi) is 8.57. The number of hydrogen-bond acceptors (Lipinski definition) is 3. The van der Waals surface area contributed by atoms with Crippen LogP contribution in [0.1, 0.15) is 31.9 Å². The molecule has 21 heavy (non-hydrogen) atoms. The summed E-state index contributed by atoms with van der Waals surface area (Å²) in [5, 5.41) is 3.12. The summed E-state index contributed by atoms with van der Waals surface area (Å²) >= 11 is 3.57. The molecule has 118 valence electrons. The first-order valence-electron chi connectivity index (χ1n) is 7.35. The normalized spacial score (nSPS) is 12.2. The molecule has 0 bridgehead atoms. The number of carbonyl (C=O) groups excluding carboxylic acids is 1. The molecule has 0 heterocycles. The molecule has 1 unspecified atom stereocenters. The Morgan fingerprint density at radius 1 is 1.43 bits per heavy atom. The van der Waals surface area contributed by atoms with Gasteiger partial charge in [-0.1, -0.05) is 41.1 Å². The van der Waals surface area contributed by atoms with Gasteiger partial charge in [0.2, 0.25) is 5.91 Å². The second kappa shape index (κ2) is 9.92. The average molecular weight is 357 g/mol. The average Bonchev–Trinajstić information content (AvgIpc) is 2.49. The largest absolute Gasteiger partial charge is 0.383 e. The van der Waals surface area contributed by atoms with Crippen LogP contribution in [0.25, 0.3) is 0 Å². The molecule has 1 aromatic carbocycles. The molecule has 0 aliphatic carbocycles. The van der Waals surface area contributed by atoms with E-state index in [9.17, 15) is 4.79 Å². The number of ether oxygens (including phenoxy) is 1. The van der Waals surface area contributed by atoms with E-state index in [1.807, 2.05) is 23.1 Å². The number of amides is 1. The van der Waals surface area contributed by atoms with Crippen molar-refractivity contribution in [2.24, 2.45) is 0 Å². The van der Waals surface area contributed by atoms with Crippen LogP contribution in [0.5, 0.6) is 0 Å². The third kappa shape index (κ3) is 5.77. The number of benzene rings is 1. The van der Waals surface area contributed by atoms with E-state index < -0.39 is 0 Å². The van der Waals surface area contributed by atoms with Gasteiger partial charge in [-0.3, -0.25) is 4.79 Å². The fraction of sp³-hybridized carbons (Fsp3) is 0.562. The number of methoxy groups -OCH3 is 1. The van der Waals surface area contributed by atoms with Gasteiger partial charge >= 0.3 is 0 Å². The molecule has 5 heteroatoms. The number of carbonyl (C=O) groups is 1. The molecule has 0 aliphatic heterocycles. The fourth-order valence-electron chi connectivity index (χ4n) is 2.23. The molecule has 1 aromatic rings. The highest BCUT2D eigenvalue weighted by Gasteiger charge is 2.21. The van der Waals surface area contributed by atoms with Gasteiger partial charge in [0.05, 0.1) is 19.2 Å². The molecule has 1 rings (SSSR count). The van der Waals surface area contributed by atoms with Crippen molar-refractivity contribution in [3.05, 3.63) is 34.3 Å². The van der Waals surface area contributed by atoms with Crippen LogP contribution >= 0.6 is 15.9 Å². The monoisotopic (exact) mass is 356 g/mol. The summed E-state index contributed by atoms with van der Waals surface area (Å²) in [5.74, 6) is 0.121. The smallest absolute Gasteiger partial charge is 0.237 e. The van der Waals surface area contributed by atoms with Crippen molar-refractivity contribution in [2.75, 3.05) is 33.4 Å². The van der Waals surface area contributed by atoms with Crippen LogP contribution in [0.4, 0.5) is 0 Å². The number of rotatable bonds is 9. The molecule has 0 aliphatic rings. The number of halogens is 1. The molecule has 1 atom stereocenters. The van der Waals surface area contributed by atoms with Crippen molar-refractivity contribution in [1.29, 1.82) is 0 Å². The maximum absolute atomic E-state index is 12.4. The van der Waals surface area contributed by atoms with E-state index in [0.717, 1.165) is 23.0 Å². The molecular weight excluding hydrogens is 332 g/mol. The van der Waals surface area contributed by atoms with Crippen molar-refractivity contribution in [2.45, 2.75) is 26.3 Å². The molecule has 0 aromatic heterocycles. The Labute approximate surface area is 136 Å². The molecule has 1 amide bonds. The predicted octanol–water partition coefficient (Wildman–Crippen LogP) is 2.98. The molecule has 0 saturated heterocycles. The van der Waals surface area contributed by atoms with Gasteiger partial charge in [0.25, 0.3) is 0 Å². The zero-order valence-electron chi connectivity index (χ0n) is 13.1. The topological polar surface area (TPSA) is 41.6 Å². The van der Waals surface area contributed by atoms with Crippen LogP contribution in [-0.2, 0) is 9.53 Å². The lowest BCUT2D eigenvalue weighted by molar-refractivity contribution is -0.132. The Balaban J connectivity index is 2.71. The minimum Gasteiger partial charge on any atom is -0.383 e. The molecular formula is C16H25BrN2O2. The number of nitrogens with zero attached hydrogens (tertiary/aromatic N) is 1. The van der Waals surface area contributed by atoms with Crippen LogP contribution < -0.4 is 5.32 Å². The van der Waals surface area contributed by atoms with Crippen LogP contribution in [0.3, 0.4) is 0 Å². The standard InChI is InChI=1S/C16H25BrN2O2/c1-4-10-19(16(20)12-18-9-11-21-3)13(2)14-7-5-6-8-15(14)17/h5-8,13,18H,4,9-12H2,1-3H3. The molecule has 1 N–H and O–H groups in total. The van der Waals surface area contributed by atoms with Crippen molar-refractivity contribution in [3.63, 3.8) is 0 Å². The summed E-state index contributed by atoms with van der Waals surface area (Å²) in [7, 11) is 1.65. The molecule has 0 radical (unpaired) electrons. The van der Waals surface area contributed by atoms with Crippen molar-refractivity contribution in [1.82, 2.24) is 10.2 Å². The second-order valence-corrected chi connectivity index (χ2v) is 5.81. The first-order valence-corrected chi connectivity index (χ1v) is 8.14. The maximum atomic E-state index is 12.4. The molecule has 0 fully saturated rings. The minimum absolute atomic E-state index is 0.0530. The lowest BCUT2D eigenvalue weighted by atomic mass is 10.1. The zero-order chi connectivity index (χ0) is 15.7. The highest BCUT2D eigenvalue weighted by molar-refractivity contribution is 9.10. The second-order valence-electron chi connectivity index (χ2n) is 4.95. The summed E-state index contributed by atoms with van der Waals surface area (Å²) in [6, 6.07) is 8.11. The van der Waals surface area contributed by atoms with E-state index >= 15 is 0 Å². The first-order chi connectivity index (χ1) is 10.1. The minimum atomic E-state index is 0.0530. The van der Waals surface area contributed by atoms with Gasteiger partial charge in [0.15, 0.2) is 0 Å². The lowest BCUT2D eigenvalue weighted by Gasteiger charge is -2.30. The zero-order valence-corrected chi connectivity index (χ0v) is 14.6. The Morgan fingerprint density at radius 3 is 2.76 bits per heavy atom.